The second kappa shape index (κ2) is 14.9. The van der Waals surface area contributed by atoms with Gasteiger partial charge in [-0.15, -0.1) is 11.3 Å². The molecule has 6 aliphatic rings. The van der Waals surface area contributed by atoms with E-state index in [1.165, 1.54) is 166 Å². The molecule has 7 aromatic rings. The lowest BCUT2D eigenvalue weighted by molar-refractivity contribution is 0.332. The molecule has 6 aromatic carbocycles. The molecule has 2 aliphatic heterocycles. The van der Waals surface area contributed by atoms with Crippen molar-refractivity contribution >= 4 is 78.0 Å². The highest BCUT2D eigenvalue weighted by atomic mass is 32.1. The summed E-state index contributed by atoms with van der Waals surface area (Å²) >= 11 is 2.07. The minimum absolute atomic E-state index is 0.0339. The van der Waals surface area contributed by atoms with Crippen LogP contribution in [0.1, 0.15) is 196 Å². The number of nitrogens with zero attached hydrogens (tertiary/aromatic N) is 2. The second-order valence-electron chi connectivity index (χ2n) is 28.8. The fourth-order valence-electron chi connectivity index (χ4n) is 16.1. The monoisotopic (exact) mass is 979 g/mol. The Morgan fingerprint density at radius 1 is 0.479 bits per heavy atom. The average Bonchev–Trinajstić information content (AvgIpc) is 3.91. The normalized spacial score (nSPS) is 23.2. The Morgan fingerprint density at radius 2 is 1.04 bits per heavy atom. The van der Waals surface area contributed by atoms with E-state index in [1.54, 1.807) is 11.1 Å². The van der Waals surface area contributed by atoms with E-state index in [1.807, 2.05) is 0 Å². The van der Waals surface area contributed by atoms with E-state index in [9.17, 15) is 0 Å². The number of aryl methyl sites for hydroxylation is 4. The zero-order valence-corrected chi connectivity index (χ0v) is 48.2. The van der Waals surface area contributed by atoms with Crippen LogP contribution in [0.2, 0.25) is 0 Å². The lowest BCUT2D eigenvalue weighted by Crippen LogP contribution is -2.61. The molecule has 1 saturated carbocycles. The van der Waals surface area contributed by atoms with Crippen molar-refractivity contribution in [3.8, 4) is 11.1 Å². The number of benzene rings is 6. The molecular weight excluding hydrogens is 900 g/mol. The van der Waals surface area contributed by atoms with Gasteiger partial charge in [0, 0.05) is 33.1 Å². The number of rotatable bonds is 3. The number of hydrogen-bond acceptors (Lipinski definition) is 3. The van der Waals surface area contributed by atoms with E-state index in [0.29, 0.717) is 0 Å². The summed E-state index contributed by atoms with van der Waals surface area (Å²) in [5, 5.41) is 2.87. The summed E-state index contributed by atoms with van der Waals surface area (Å²) in [7, 11) is 0. The van der Waals surface area contributed by atoms with Crippen LogP contribution in [-0.4, -0.2) is 6.71 Å². The fourth-order valence-corrected chi connectivity index (χ4v) is 17.4. The van der Waals surface area contributed by atoms with Crippen LogP contribution in [-0.2, 0) is 37.9 Å². The van der Waals surface area contributed by atoms with Crippen molar-refractivity contribution in [1.82, 2.24) is 0 Å². The minimum atomic E-state index is 0.0339. The molecule has 2 unspecified atom stereocenters. The number of hydrogen-bond donors (Lipinski definition) is 0. The summed E-state index contributed by atoms with van der Waals surface area (Å²) in [6.07, 6.45) is 8.58. The molecule has 3 heterocycles. The first-order valence-corrected chi connectivity index (χ1v) is 28.9. The van der Waals surface area contributed by atoms with Crippen molar-refractivity contribution in [2.24, 2.45) is 0 Å². The Kier molecular flexibility index (Phi) is 9.70. The highest BCUT2D eigenvalue weighted by molar-refractivity contribution is 7.26. The Labute approximate surface area is 443 Å². The lowest BCUT2D eigenvalue weighted by atomic mass is 9.33. The molecule has 73 heavy (non-hydrogen) atoms. The maximum absolute atomic E-state index is 2.78. The maximum Gasteiger partial charge on any atom is 0.254 e. The van der Waals surface area contributed by atoms with Gasteiger partial charge in [-0.25, -0.2) is 0 Å². The SMILES string of the molecule is Cc1cc(C)c(-c2cc3c4c(c2)N(c2ccc5c(c2)C(C)(C)CCC5(C)C)c2sc5cc6c(cc5c2B4c2cc4c(cc2N3c2ccc(C(C)(C)C)cc2C)C(C)(C)CCC4(C)C)C2(C)CCC6(C)C2)c(C)c1. The molecule has 0 radical (unpaired) electrons. The quantitative estimate of drug-likeness (QED) is 0.163. The summed E-state index contributed by atoms with van der Waals surface area (Å²) in [6.45, 7) is 41.5. The van der Waals surface area contributed by atoms with E-state index in [0.717, 1.165) is 0 Å². The first kappa shape index (κ1) is 47.6. The molecule has 2 nitrogen and oxygen atoms in total. The van der Waals surface area contributed by atoms with E-state index in [2.05, 4.69) is 224 Å². The Balaban J connectivity index is 1.21. The first-order chi connectivity index (χ1) is 34.1. The lowest BCUT2D eigenvalue weighted by Gasteiger charge is -2.47. The van der Waals surface area contributed by atoms with Gasteiger partial charge in [0.2, 0.25) is 0 Å². The summed E-state index contributed by atoms with van der Waals surface area (Å²) in [4.78, 5) is 5.53. The van der Waals surface area contributed by atoms with Crippen molar-refractivity contribution in [2.75, 3.05) is 9.80 Å². The van der Waals surface area contributed by atoms with Crippen molar-refractivity contribution in [1.29, 1.82) is 0 Å². The number of thiophene rings is 1. The average molecular weight is 979 g/mol. The third-order valence-corrected chi connectivity index (χ3v) is 21.6. The predicted molar refractivity (Wildman–Crippen MR) is 318 cm³/mol. The second-order valence-corrected chi connectivity index (χ2v) is 29.8. The van der Waals surface area contributed by atoms with Crippen LogP contribution in [0.15, 0.2) is 84.9 Å². The van der Waals surface area contributed by atoms with Crippen molar-refractivity contribution in [2.45, 2.75) is 201 Å². The van der Waals surface area contributed by atoms with Gasteiger partial charge in [0.05, 0.1) is 5.00 Å². The molecule has 4 aliphatic carbocycles. The van der Waals surface area contributed by atoms with E-state index < -0.39 is 0 Å². The zero-order chi connectivity index (χ0) is 51.6. The van der Waals surface area contributed by atoms with Gasteiger partial charge in [-0.2, -0.15) is 0 Å². The topological polar surface area (TPSA) is 6.48 Å². The molecule has 0 spiro atoms. The van der Waals surface area contributed by atoms with Gasteiger partial charge in [-0.3, -0.25) is 0 Å². The highest BCUT2D eigenvalue weighted by Crippen LogP contribution is 2.62. The van der Waals surface area contributed by atoms with Gasteiger partial charge in [-0.05, 0) is 248 Å². The molecule has 2 atom stereocenters. The predicted octanol–water partition coefficient (Wildman–Crippen LogP) is 17.6. The summed E-state index contributed by atoms with van der Waals surface area (Å²) in [5.41, 5.74) is 30.4. The van der Waals surface area contributed by atoms with Gasteiger partial charge in [0.25, 0.3) is 6.71 Å². The van der Waals surface area contributed by atoms with Crippen LogP contribution in [0, 0.1) is 27.7 Å². The number of anilines is 6. The van der Waals surface area contributed by atoms with Crippen LogP contribution >= 0.6 is 11.3 Å². The fraction of sp³-hybridized carbons (Fsp3) is 0.449. The molecular formula is C69H79BN2S. The Hall–Kier alpha value is -5.06. The van der Waals surface area contributed by atoms with Gasteiger partial charge < -0.3 is 9.80 Å². The van der Waals surface area contributed by atoms with E-state index >= 15 is 0 Å². The van der Waals surface area contributed by atoms with Crippen LogP contribution in [0.5, 0.6) is 0 Å². The molecule has 13 rings (SSSR count). The molecule has 4 heteroatoms. The van der Waals surface area contributed by atoms with Crippen molar-refractivity contribution < 1.29 is 0 Å². The molecule has 0 N–H and O–H groups in total. The van der Waals surface area contributed by atoms with Crippen molar-refractivity contribution in [3.63, 3.8) is 0 Å². The summed E-state index contributed by atoms with van der Waals surface area (Å²) in [5.74, 6) is 0. The molecule has 1 fully saturated rings. The van der Waals surface area contributed by atoms with Gasteiger partial charge in [-0.1, -0.05) is 132 Å². The van der Waals surface area contributed by atoms with Crippen LogP contribution in [0.3, 0.4) is 0 Å². The third-order valence-electron chi connectivity index (χ3n) is 20.5. The molecule has 0 saturated heterocycles. The van der Waals surface area contributed by atoms with E-state index in [4.69, 9.17) is 0 Å². The Bertz CT molecular complexity index is 3560. The summed E-state index contributed by atoms with van der Waals surface area (Å²) < 4.78 is 1.45. The standard InChI is InChI=1S/C69H79BN2S/c1-39-28-41(3)59(42(4)29-39)43-31-56-61-57(32-43)72(54-21-18-44(30-40(54)2)63(5,6)7)55-36-50-49(66(12,13)24-25-67(50,14)15)35-53(55)70(61)60-46-34-51-52(69(17)27-26-68(51,16)38-69)37-58(46)73-62(60)71(56)45-19-20-47-48(33-45)65(10,11)23-22-64(47,8)9/h18-21,28-37H,22-27,38H2,1-17H3. The Morgan fingerprint density at radius 3 is 1.64 bits per heavy atom. The minimum Gasteiger partial charge on any atom is -0.311 e. The van der Waals surface area contributed by atoms with Crippen molar-refractivity contribution in [3.05, 3.63) is 146 Å². The highest BCUT2D eigenvalue weighted by Gasteiger charge is 2.54. The third kappa shape index (κ3) is 6.66. The molecule has 0 amide bonds. The first-order valence-electron chi connectivity index (χ1n) is 28.0. The van der Waals surface area contributed by atoms with E-state index in [-0.39, 0.29) is 44.6 Å². The molecule has 1 aromatic heterocycles. The zero-order valence-electron chi connectivity index (χ0n) is 47.4. The molecule has 2 bridgehead atoms. The van der Waals surface area contributed by atoms with Gasteiger partial charge in [0.1, 0.15) is 0 Å². The summed E-state index contributed by atoms with van der Waals surface area (Å²) in [6, 6.07) is 36.0. The maximum atomic E-state index is 2.78. The largest absolute Gasteiger partial charge is 0.311 e. The van der Waals surface area contributed by atoms with Gasteiger partial charge >= 0.3 is 0 Å². The van der Waals surface area contributed by atoms with Crippen LogP contribution < -0.4 is 26.2 Å². The smallest absolute Gasteiger partial charge is 0.254 e. The molecule has 374 valence electrons. The van der Waals surface area contributed by atoms with Crippen LogP contribution in [0.25, 0.3) is 21.2 Å². The van der Waals surface area contributed by atoms with Gasteiger partial charge in [0.15, 0.2) is 0 Å². The van der Waals surface area contributed by atoms with Crippen LogP contribution in [0.4, 0.5) is 33.4 Å². The number of fused-ring (bicyclic) bond motifs is 13.